The normalized spacial score (nSPS) is 25.9. The van der Waals surface area contributed by atoms with Crippen LogP contribution < -0.4 is 0 Å². The number of hydrogen-bond donors (Lipinski definition) is 0. The van der Waals surface area contributed by atoms with Crippen LogP contribution in [0.25, 0.3) is 0 Å². The molecule has 150 valence electrons. The Kier molecular flexibility index (Phi) is 5.18. The van der Waals surface area contributed by atoms with Gasteiger partial charge in [-0.2, -0.15) is 0 Å². The lowest BCUT2D eigenvalue weighted by atomic mass is 9.69. The zero-order valence-corrected chi connectivity index (χ0v) is 17.7. The lowest BCUT2D eigenvalue weighted by Crippen LogP contribution is -2.55. The number of carbonyl (C=O) groups excluding carboxylic acids is 2. The van der Waals surface area contributed by atoms with Gasteiger partial charge in [0.15, 0.2) is 5.78 Å². The zero-order valence-electron chi connectivity index (χ0n) is 16.1. The number of nitrogens with zero attached hydrogens (tertiary/aromatic N) is 2. The van der Waals surface area contributed by atoms with Gasteiger partial charge in [0, 0.05) is 47.6 Å². The van der Waals surface area contributed by atoms with Crippen LogP contribution in [0.1, 0.15) is 44.6 Å². The van der Waals surface area contributed by atoms with Crippen molar-refractivity contribution in [2.24, 2.45) is 5.41 Å². The average Bonchev–Trinajstić information content (AvgIpc) is 2.62. The summed E-state index contributed by atoms with van der Waals surface area (Å²) in [6.07, 6.45) is 1.11. The molecule has 0 bridgehead atoms. The topological polar surface area (TPSA) is 49.9 Å². The van der Waals surface area contributed by atoms with Crippen LogP contribution in [0.15, 0.2) is 33.9 Å². The van der Waals surface area contributed by atoms with Gasteiger partial charge in [-0.05, 0) is 35.6 Å². The minimum absolute atomic E-state index is 0.0152. The molecule has 1 saturated heterocycles. The maximum atomic E-state index is 14.7. The number of hydrazine groups is 1. The van der Waals surface area contributed by atoms with Crippen molar-refractivity contribution < 1.29 is 18.7 Å². The van der Waals surface area contributed by atoms with Crippen LogP contribution in [-0.4, -0.2) is 48.0 Å². The summed E-state index contributed by atoms with van der Waals surface area (Å²) in [5.41, 5.74) is 1.51. The van der Waals surface area contributed by atoms with Crippen molar-refractivity contribution in [3.8, 4) is 0 Å². The smallest absolute Gasteiger partial charge is 0.242 e. The second-order valence-corrected chi connectivity index (χ2v) is 9.41. The molecule has 1 aliphatic carbocycles. The van der Waals surface area contributed by atoms with E-state index in [9.17, 15) is 14.0 Å². The number of carbonyl (C=O) groups is 2. The lowest BCUT2D eigenvalue weighted by Gasteiger charge is -2.47. The van der Waals surface area contributed by atoms with E-state index in [-0.39, 0.29) is 29.3 Å². The van der Waals surface area contributed by atoms with Gasteiger partial charge in [0.25, 0.3) is 0 Å². The third-order valence-electron chi connectivity index (χ3n) is 5.72. The Bertz CT molecular complexity index is 861. The number of ketones is 1. The zero-order chi connectivity index (χ0) is 20.1. The molecule has 4 rings (SSSR count). The van der Waals surface area contributed by atoms with Gasteiger partial charge < -0.3 is 4.74 Å². The number of morpholine rings is 1. The molecule has 1 unspecified atom stereocenters. The number of allylic oxidation sites excluding steroid dienone is 2. The van der Waals surface area contributed by atoms with Crippen LogP contribution in [0.5, 0.6) is 0 Å². The van der Waals surface area contributed by atoms with Crippen LogP contribution in [0.2, 0.25) is 0 Å². The van der Waals surface area contributed by atoms with Gasteiger partial charge in [0.1, 0.15) is 5.82 Å². The summed E-state index contributed by atoms with van der Waals surface area (Å²) in [5, 5.41) is 3.67. The second-order valence-electron chi connectivity index (χ2n) is 8.50. The van der Waals surface area contributed by atoms with E-state index in [0.717, 1.165) is 10.2 Å². The molecule has 5 nitrogen and oxygen atoms in total. The van der Waals surface area contributed by atoms with E-state index < -0.39 is 5.92 Å². The van der Waals surface area contributed by atoms with Gasteiger partial charge in [-0.15, -0.1) is 0 Å². The maximum Gasteiger partial charge on any atom is 0.242 e. The highest BCUT2D eigenvalue weighted by molar-refractivity contribution is 9.10. The number of amides is 1. The molecule has 1 amide bonds. The number of ether oxygens (including phenoxy) is 1. The fourth-order valence-electron chi connectivity index (χ4n) is 4.53. The molecule has 0 saturated carbocycles. The maximum absolute atomic E-state index is 14.7. The molecule has 1 aromatic carbocycles. The fraction of sp³-hybridized carbons (Fsp3) is 0.524. The van der Waals surface area contributed by atoms with Crippen molar-refractivity contribution in [1.82, 2.24) is 10.0 Å². The van der Waals surface area contributed by atoms with Crippen molar-refractivity contribution in [2.45, 2.75) is 39.0 Å². The van der Waals surface area contributed by atoms with Crippen LogP contribution >= 0.6 is 15.9 Å². The van der Waals surface area contributed by atoms with Gasteiger partial charge >= 0.3 is 0 Å². The Morgan fingerprint density at radius 1 is 1.18 bits per heavy atom. The number of Topliss-reactive ketones (excluding diaryl/α,β-unsaturated/α-hetero) is 1. The highest BCUT2D eigenvalue weighted by atomic mass is 79.9. The molecule has 3 aliphatic rings. The predicted octanol–water partition coefficient (Wildman–Crippen LogP) is 3.79. The lowest BCUT2D eigenvalue weighted by molar-refractivity contribution is -0.154. The summed E-state index contributed by atoms with van der Waals surface area (Å²) in [7, 11) is 0. The first kappa shape index (κ1) is 19.7. The summed E-state index contributed by atoms with van der Waals surface area (Å²) in [4.78, 5) is 26.4. The van der Waals surface area contributed by atoms with Crippen molar-refractivity contribution >= 4 is 27.6 Å². The van der Waals surface area contributed by atoms with Crippen molar-refractivity contribution in [2.75, 3.05) is 26.3 Å². The Labute approximate surface area is 172 Å². The molecule has 1 fully saturated rings. The Morgan fingerprint density at radius 3 is 2.61 bits per heavy atom. The minimum Gasteiger partial charge on any atom is -0.379 e. The minimum atomic E-state index is -0.541. The molecule has 7 heteroatoms. The fourth-order valence-corrected chi connectivity index (χ4v) is 4.91. The average molecular weight is 451 g/mol. The van der Waals surface area contributed by atoms with E-state index in [1.165, 1.54) is 6.07 Å². The van der Waals surface area contributed by atoms with Gasteiger partial charge in [0.05, 0.1) is 13.2 Å². The van der Waals surface area contributed by atoms with Gasteiger partial charge in [-0.3, -0.25) is 9.59 Å². The first-order valence-electron chi connectivity index (χ1n) is 9.63. The molecule has 2 aliphatic heterocycles. The molecule has 2 heterocycles. The molecule has 0 aromatic heterocycles. The van der Waals surface area contributed by atoms with Crippen LogP contribution in [0.4, 0.5) is 4.39 Å². The number of halogens is 2. The van der Waals surface area contributed by atoms with Crippen LogP contribution in [0, 0.1) is 11.2 Å². The summed E-state index contributed by atoms with van der Waals surface area (Å²) < 4.78 is 20.8. The van der Waals surface area contributed by atoms with Gasteiger partial charge in [-0.25, -0.2) is 14.4 Å². The van der Waals surface area contributed by atoms with Gasteiger partial charge in [-0.1, -0.05) is 29.8 Å². The monoisotopic (exact) mass is 450 g/mol. The highest BCUT2D eigenvalue weighted by Crippen LogP contribution is 2.48. The van der Waals surface area contributed by atoms with E-state index in [4.69, 9.17) is 4.74 Å². The Balaban J connectivity index is 1.85. The van der Waals surface area contributed by atoms with E-state index >= 15 is 0 Å². The molecular weight excluding hydrogens is 427 g/mol. The standard InChI is InChI=1S/C21H24BrFN2O3/c1-21(2)11-17-20(18(26)12-21)15(14-9-13(22)3-4-16(14)23)10-19(27)25(17)24-5-7-28-8-6-24/h3-4,9,15H,5-8,10-12H2,1-2H3. The third-order valence-corrected chi connectivity index (χ3v) is 6.21. The van der Waals surface area contributed by atoms with E-state index in [0.29, 0.717) is 50.3 Å². The molecule has 28 heavy (non-hydrogen) atoms. The van der Waals surface area contributed by atoms with Crippen LogP contribution in [0.3, 0.4) is 0 Å². The third kappa shape index (κ3) is 3.55. The number of rotatable bonds is 2. The number of hydrogen-bond acceptors (Lipinski definition) is 4. The molecular formula is C21H24BrFN2O3. The number of benzene rings is 1. The Morgan fingerprint density at radius 2 is 1.89 bits per heavy atom. The molecule has 0 N–H and O–H groups in total. The Hall–Kier alpha value is -1.57. The van der Waals surface area contributed by atoms with Crippen molar-refractivity contribution in [1.29, 1.82) is 0 Å². The highest BCUT2D eigenvalue weighted by Gasteiger charge is 2.46. The molecule has 0 radical (unpaired) electrons. The summed E-state index contributed by atoms with van der Waals surface area (Å²) in [6, 6.07) is 4.70. The second kappa shape index (κ2) is 7.35. The molecule has 0 spiro atoms. The largest absolute Gasteiger partial charge is 0.379 e. The van der Waals surface area contributed by atoms with Crippen LogP contribution in [-0.2, 0) is 14.3 Å². The van der Waals surface area contributed by atoms with Crippen molar-refractivity contribution in [3.63, 3.8) is 0 Å². The molecule has 1 atom stereocenters. The van der Waals surface area contributed by atoms with Crippen molar-refractivity contribution in [3.05, 3.63) is 45.3 Å². The summed E-state index contributed by atoms with van der Waals surface area (Å²) in [5.74, 6) is -0.997. The summed E-state index contributed by atoms with van der Waals surface area (Å²) in [6.45, 7) is 6.39. The van der Waals surface area contributed by atoms with E-state index in [2.05, 4.69) is 15.9 Å². The molecule has 1 aromatic rings. The quantitative estimate of drug-likeness (QED) is 0.687. The predicted molar refractivity (Wildman–Crippen MR) is 106 cm³/mol. The first-order chi connectivity index (χ1) is 13.3. The summed E-state index contributed by atoms with van der Waals surface area (Å²) >= 11 is 3.39. The van der Waals surface area contributed by atoms with E-state index in [1.54, 1.807) is 17.1 Å². The van der Waals surface area contributed by atoms with Gasteiger partial charge in [0.2, 0.25) is 5.91 Å². The first-order valence-corrected chi connectivity index (χ1v) is 10.4. The SMILES string of the molecule is CC1(C)CC(=O)C2=C(C1)N(N1CCOCC1)C(=O)CC2c1cc(Br)ccc1F. The van der Waals surface area contributed by atoms with E-state index in [1.807, 2.05) is 18.9 Å².